The van der Waals surface area contributed by atoms with Crippen LogP contribution in [0.15, 0.2) is 24.5 Å². The quantitative estimate of drug-likeness (QED) is 0.817. The normalized spacial score (nSPS) is 23.0. The van der Waals surface area contributed by atoms with Crippen molar-refractivity contribution in [3.8, 4) is 0 Å². The molecule has 1 aromatic heterocycles. The fourth-order valence-electron chi connectivity index (χ4n) is 3.02. The Kier molecular flexibility index (Phi) is 4.70. The number of likely N-dealkylation sites (tertiary alicyclic amines) is 1. The van der Waals surface area contributed by atoms with Gasteiger partial charge < -0.3 is 14.5 Å². The molecule has 3 rings (SSSR count). The molecule has 5 nitrogen and oxygen atoms in total. The monoisotopic (exact) mass is 321 g/mol. The molecule has 0 radical (unpaired) electrons. The first-order valence-corrected chi connectivity index (χ1v) is 8.62. The van der Waals surface area contributed by atoms with Crippen LogP contribution in [0.1, 0.15) is 12.0 Å². The van der Waals surface area contributed by atoms with Crippen LogP contribution in [0.3, 0.4) is 0 Å². The van der Waals surface area contributed by atoms with Gasteiger partial charge in [0.25, 0.3) is 0 Å². The largest absolute Gasteiger partial charge is 0.373 e. The second-order valence-electron chi connectivity index (χ2n) is 6.47. The topological polar surface area (TPSA) is 45.7 Å². The lowest BCUT2D eigenvalue weighted by molar-refractivity contribution is -0.137. The maximum absolute atomic E-state index is 12.0. The number of pyridine rings is 1. The number of ether oxygens (including phenoxy) is 1. The van der Waals surface area contributed by atoms with Gasteiger partial charge in [-0.25, -0.2) is 0 Å². The molecule has 0 bridgehead atoms. The second kappa shape index (κ2) is 6.56. The standard InChI is InChI=1S/C16H23N3O2S/c1-18(2)8-15(20)19-11-16(12-19)7-14(10-22-16)21-9-13-3-5-17-6-4-13/h3-6,14H,7-12H2,1-2H3/t14-/m1/s1. The van der Waals surface area contributed by atoms with Crippen LogP contribution in [0.4, 0.5) is 0 Å². The fraction of sp³-hybridized carbons (Fsp3) is 0.625. The van der Waals surface area contributed by atoms with Crippen LogP contribution in [0.2, 0.25) is 0 Å². The highest BCUT2D eigenvalue weighted by Crippen LogP contribution is 2.46. The van der Waals surface area contributed by atoms with Crippen molar-refractivity contribution in [2.24, 2.45) is 0 Å². The lowest BCUT2D eigenvalue weighted by Gasteiger charge is -2.47. The molecule has 1 amide bonds. The SMILES string of the molecule is CN(C)CC(=O)N1CC2(C[C@@H](OCc3ccncc3)CS2)C1. The number of carbonyl (C=O) groups excluding carboxylic acids is 1. The number of rotatable bonds is 5. The van der Waals surface area contributed by atoms with Crippen molar-refractivity contribution in [2.45, 2.75) is 23.9 Å². The Morgan fingerprint density at radius 2 is 2.18 bits per heavy atom. The van der Waals surface area contributed by atoms with Gasteiger partial charge in [0.2, 0.25) is 5.91 Å². The lowest BCUT2D eigenvalue weighted by atomic mass is 9.93. The molecule has 22 heavy (non-hydrogen) atoms. The van der Waals surface area contributed by atoms with E-state index in [9.17, 15) is 4.79 Å². The van der Waals surface area contributed by atoms with Gasteiger partial charge in [-0.1, -0.05) is 0 Å². The third-order valence-electron chi connectivity index (χ3n) is 4.17. The molecule has 2 fully saturated rings. The molecule has 6 heteroatoms. The second-order valence-corrected chi connectivity index (χ2v) is 7.96. The Balaban J connectivity index is 1.43. The van der Waals surface area contributed by atoms with E-state index in [-0.39, 0.29) is 10.7 Å². The highest BCUT2D eigenvalue weighted by Gasteiger charge is 2.50. The van der Waals surface area contributed by atoms with Crippen LogP contribution >= 0.6 is 11.8 Å². The highest BCUT2D eigenvalue weighted by atomic mass is 32.2. The zero-order valence-corrected chi connectivity index (χ0v) is 14.0. The predicted octanol–water partition coefficient (Wildman–Crippen LogP) is 1.25. The molecule has 2 saturated heterocycles. The molecule has 1 aromatic rings. The summed E-state index contributed by atoms with van der Waals surface area (Å²) in [5, 5.41) is 0. The van der Waals surface area contributed by atoms with E-state index < -0.39 is 0 Å². The highest BCUT2D eigenvalue weighted by molar-refractivity contribution is 8.01. The Labute approximate surface area is 136 Å². The van der Waals surface area contributed by atoms with Crippen LogP contribution in [-0.2, 0) is 16.1 Å². The number of carbonyl (C=O) groups is 1. The summed E-state index contributed by atoms with van der Waals surface area (Å²) in [6, 6.07) is 3.98. The van der Waals surface area contributed by atoms with Gasteiger partial charge in [0.05, 0.1) is 24.0 Å². The number of amides is 1. The molecule has 0 saturated carbocycles. The van der Waals surface area contributed by atoms with Crippen LogP contribution in [0.25, 0.3) is 0 Å². The summed E-state index contributed by atoms with van der Waals surface area (Å²) in [5.41, 5.74) is 1.16. The maximum atomic E-state index is 12.0. The predicted molar refractivity (Wildman–Crippen MR) is 87.8 cm³/mol. The van der Waals surface area contributed by atoms with Gasteiger partial charge in [-0.2, -0.15) is 0 Å². The molecule has 0 aromatic carbocycles. The molecule has 1 spiro atoms. The molecule has 120 valence electrons. The van der Waals surface area contributed by atoms with E-state index in [0.717, 1.165) is 30.8 Å². The van der Waals surface area contributed by atoms with Crippen molar-refractivity contribution >= 4 is 17.7 Å². The fourth-order valence-corrected chi connectivity index (χ4v) is 4.57. The van der Waals surface area contributed by atoms with Crippen LogP contribution in [0.5, 0.6) is 0 Å². The Bertz CT molecular complexity index is 517. The van der Waals surface area contributed by atoms with Crippen molar-refractivity contribution in [3.05, 3.63) is 30.1 Å². The molecule has 0 aliphatic carbocycles. The van der Waals surface area contributed by atoms with Crippen molar-refractivity contribution in [2.75, 3.05) is 39.5 Å². The summed E-state index contributed by atoms with van der Waals surface area (Å²) in [4.78, 5) is 19.9. The summed E-state index contributed by atoms with van der Waals surface area (Å²) in [6.45, 7) is 2.90. The first-order valence-electron chi connectivity index (χ1n) is 7.63. The first kappa shape index (κ1) is 15.8. The molecule has 2 aliphatic heterocycles. The summed E-state index contributed by atoms with van der Waals surface area (Å²) < 4.78 is 6.26. The average molecular weight is 321 g/mol. The number of hydrogen-bond donors (Lipinski definition) is 0. The Morgan fingerprint density at radius 1 is 1.45 bits per heavy atom. The Morgan fingerprint density at radius 3 is 2.86 bits per heavy atom. The van der Waals surface area contributed by atoms with Gasteiger partial charge in [0, 0.05) is 31.2 Å². The summed E-state index contributed by atoms with van der Waals surface area (Å²) in [5.74, 6) is 1.26. The Hall–Kier alpha value is -1.11. The van der Waals surface area contributed by atoms with E-state index >= 15 is 0 Å². The minimum atomic E-state index is 0.234. The third kappa shape index (κ3) is 3.62. The van der Waals surface area contributed by atoms with E-state index in [1.165, 1.54) is 0 Å². The van der Waals surface area contributed by atoms with Crippen LogP contribution in [0, 0.1) is 0 Å². The number of likely N-dealkylation sites (N-methyl/N-ethyl adjacent to an activating group) is 1. The molecular formula is C16H23N3O2S. The smallest absolute Gasteiger partial charge is 0.236 e. The zero-order chi connectivity index (χ0) is 15.6. The molecule has 1 atom stereocenters. The van der Waals surface area contributed by atoms with Crippen molar-refractivity contribution in [3.63, 3.8) is 0 Å². The minimum Gasteiger partial charge on any atom is -0.373 e. The maximum Gasteiger partial charge on any atom is 0.236 e. The average Bonchev–Trinajstić information content (AvgIpc) is 2.88. The minimum absolute atomic E-state index is 0.234. The van der Waals surface area contributed by atoms with E-state index in [2.05, 4.69) is 4.98 Å². The van der Waals surface area contributed by atoms with E-state index in [1.807, 2.05) is 47.8 Å². The molecule has 3 heterocycles. The molecule has 0 unspecified atom stereocenters. The number of thioether (sulfide) groups is 1. The number of hydrogen-bond acceptors (Lipinski definition) is 5. The first-order chi connectivity index (χ1) is 10.6. The van der Waals surface area contributed by atoms with E-state index in [0.29, 0.717) is 19.3 Å². The van der Waals surface area contributed by atoms with Gasteiger partial charge in [-0.05, 0) is 38.2 Å². The van der Waals surface area contributed by atoms with Gasteiger partial charge in [0.15, 0.2) is 0 Å². The summed E-state index contributed by atoms with van der Waals surface area (Å²) in [6.07, 6.45) is 4.94. The van der Waals surface area contributed by atoms with Crippen molar-refractivity contribution in [1.82, 2.24) is 14.8 Å². The van der Waals surface area contributed by atoms with Gasteiger partial charge >= 0.3 is 0 Å². The zero-order valence-electron chi connectivity index (χ0n) is 13.2. The van der Waals surface area contributed by atoms with E-state index in [1.54, 1.807) is 12.4 Å². The van der Waals surface area contributed by atoms with Gasteiger partial charge in [-0.3, -0.25) is 9.78 Å². The number of aromatic nitrogens is 1. The third-order valence-corrected chi connectivity index (χ3v) is 5.75. The van der Waals surface area contributed by atoms with Crippen LogP contribution in [-0.4, -0.2) is 71.0 Å². The summed E-state index contributed by atoms with van der Waals surface area (Å²) >= 11 is 1.97. The van der Waals surface area contributed by atoms with Gasteiger partial charge in [-0.15, -0.1) is 11.8 Å². The van der Waals surface area contributed by atoms with Gasteiger partial charge in [0.1, 0.15) is 0 Å². The lowest BCUT2D eigenvalue weighted by Crippen LogP contribution is -2.62. The molecular weight excluding hydrogens is 298 g/mol. The number of nitrogens with zero attached hydrogens (tertiary/aromatic N) is 3. The van der Waals surface area contributed by atoms with Crippen LogP contribution < -0.4 is 0 Å². The molecule has 2 aliphatic rings. The van der Waals surface area contributed by atoms with Crippen molar-refractivity contribution in [1.29, 1.82) is 0 Å². The van der Waals surface area contributed by atoms with E-state index in [4.69, 9.17) is 4.74 Å². The van der Waals surface area contributed by atoms with Crippen molar-refractivity contribution < 1.29 is 9.53 Å². The molecule has 0 N–H and O–H groups in total. The summed E-state index contributed by atoms with van der Waals surface area (Å²) in [7, 11) is 3.86.